The molecule has 1 aliphatic rings. The van der Waals surface area contributed by atoms with E-state index in [0.717, 1.165) is 37.3 Å². The van der Waals surface area contributed by atoms with Crippen LogP contribution in [0.5, 0.6) is 0 Å². The summed E-state index contributed by atoms with van der Waals surface area (Å²) in [4.78, 5) is 0.0423. The van der Waals surface area contributed by atoms with E-state index >= 15 is 0 Å². The molecule has 0 radical (unpaired) electrons. The summed E-state index contributed by atoms with van der Waals surface area (Å²) in [6, 6.07) is 1.38. The smallest absolute Gasteiger partial charge is 0.242 e. The first-order valence-corrected chi connectivity index (χ1v) is 9.58. The maximum absolute atomic E-state index is 12.4. The van der Waals surface area contributed by atoms with E-state index in [2.05, 4.69) is 10.0 Å². The predicted octanol–water partition coefficient (Wildman–Crippen LogP) is 2.35. The van der Waals surface area contributed by atoms with Gasteiger partial charge in [0.1, 0.15) is 9.23 Å². The zero-order valence-electron chi connectivity index (χ0n) is 11.6. The topological polar surface area (TPSA) is 67.4 Å². The second kappa shape index (κ2) is 7.12. The SMILES string of the molecule is COCC1(CNS(=O)(=O)c2cc(Cl)sc2Cl)CCNCC1. The molecule has 0 aliphatic carbocycles. The maximum atomic E-state index is 12.4. The predicted molar refractivity (Wildman–Crippen MR) is 85.9 cm³/mol. The Labute approximate surface area is 139 Å². The molecule has 0 unspecified atom stereocenters. The van der Waals surface area contributed by atoms with E-state index in [1.165, 1.54) is 6.07 Å². The zero-order chi connectivity index (χ0) is 15.5. The number of nitrogens with one attached hydrogen (secondary N) is 2. The van der Waals surface area contributed by atoms with Crippen molar-refractivity contribution in [1.82, 2.24) is 10.0 Å². The molecule has 2 N–H and O–H groups in total. The van der Waals surface area contributed by atoms with Crippen LogP contribution < -0.4 is 10.0 Å². The van der Waals surface area contributed by atoms with Gasteiger partial charge in [-0.3, -0.25) is 0 Å². The van der Waals surface area contributed by atoms with Gasteiger partial charge in [-0.1, -0.05) is 23.2 Å². The number of hydrogen-bond donors (Lipinski definition) is 2. The lowest BCUT2D eigenvalue weighted by Crippen LogP contribution is -2.47. The first-order chi connectivity index (χ1) is 9.88. The Bertz CT molecular complexity index is 578. The second-order valence-electron chi connectivity index (χ2n) is 5.20. The number of ether oxygens (including phenoxy) is 1. The van der Waals surface area contributed by atoms with Gasteiger partial charge >= 0.3 is 0 Å². The van der Waals surface area contributed by atoms with Crippen molar-refractivity contribution in [2.24, 2.45) is 5.41 Å². The summed E-state index contributed by atoms with van der Waals surface area (Å²) in [5, 5.41) is 3.27. The number of thiophene rings is 1. The van der Waals surface area contributed by atoms with Crippen LogP contribution in [0.4, 0.5) is 0 Å². The molecular formula is C12H18Cl2N2O3S2. The van der Waals surface area contributed by atoms with Crippen molar-refractivity contribution >= 4 is 44.6 Å². The van der Waals surface area contributed by atoms with E-state index in [1.54, 1.807) is 7.11 Å². The highest BCUT2D eigenvalue weighted by atomic mass is 35.5. The average molecular weight is 373 g/mol. The molecule has 1 fully saturated rings. The third-order valence-electron chi connectivity index (χ3n) is 3.67. The van der Waals surface area contributed by atoms with Crippen LogP contribution in [-0.4, -0.2) is 41.8 Å². The lowest BCUT2D eigenvalue weighted by Gasteiger charge is -2.37. The lowest BCUT2D eigenvalue weighted by molar-refractivity contribution is 0.0577. The number of hydrogen-bond acceptors (Lipinski definition) is 5. The summed E-state index contributed by atoms with van der Waals surface area (Å²) >= 11 is 12.8. The van der Waals surface area contributed by atoms with Gasteiger partial charge in [-0.2, -0.15) is 0 Å². The van der Waals surface area contributed by atoms with Gasteiger partial charge in [-0.25, -0.2) is 13.1 Å². The minimum Gasteiger partial charge on any atom is -0.384 e. The lowest BCUT2D eigenvalue weighted by atomic mass is 9.80. The van der Waals surface area contributed by atoms with Crippen LogP contribution in [0, 0.1) is 5.41 Å². The summed E-state index contributed by atoms with van der Waals surface area (Å²) in [7, 11) is -2.03. The van der Waals surface area contributed by atoms with E-state index < -0.39 is 10.0 Å². The fraction of sp³-hybridized carbons (Fsp3) is 0.667. The Morgan fingerprint density at radius 2 is 2.10 bits per heavy atom. The molecule has 1 aromatic heterocycles. The monoisotopic (exact) mass is 372 g/mol. The van der Waals surface area contributed by atoms with Crippen LogP contribution >= 0.6 is 34.5 Å². The fourth-order valence-electron chi connectivity index (χ4n) is 2.47. The van der Waals surface area contributed by atoms with Crippen molar-refractivity contribution < 1.29 is 13.2 Å². The molecule has 0 spiro atoms. The Hall–Kier alpha value is 0.110. The van der Waals surface area contributed by atoms with Gasteiger partial charge in [-0.15, -0.1) is 11.3 Å². The number of piperidine rings is 1. The Morgan fingerprint density at radius 3 is 2.62 bits per heavy atom. The van der Waals surface area contributed by atoms with Crippen LogP contribution in [0.1, 0.15) is 12.8 Å². The summed E-state index contributed by atoms with van der Waals surface area (Å²) < 4.78 is 33.2. The van der Waals surface area contributed by atoms with Crippen molar-refractivity contribution in [2.45, 2.75) is 17.7 Å². The summed E-state index contributed by atoms with van der Waals surface area (Å²) in [5.41, 5.74) is -0.181. The third-order valence-corrected chi connectivity index (χ3v) is 6.82. The van der Waals surface area contributed by atoms with Gasteiger partial charge in [0, 0.05) is 19.1 Å². The molecular weight excluding hydrogens is 355 g/mol. The number of halogens is 2. The summed E-state index contributed by atoms with van der Waals surface area (Å²) in [5.74, 6) is 0. The maximum Gasteiger partial charge on any atom is 0.242 e. The number of sulfonamides is 1. The van der Waals surface area contributed by atoms with Gasteiger partial charge in [0.25, 0.3) is 0 Å². The van der Waals surface area contributed by atoms with Crippen LogP contribution in [0.2, 0.25) is 8.67 Å². The highest BCUT2D eigenvalue weighted by Gasteiger charge is 2.34. The minimum absolute atomic E-state index is 0.0423. The Kier molecular flexibility index (Phi) is 5.92. The van der Waals surface area contributed by atoms with Crippen molar-refractivity contribution in [1.29, 1.82) is 0 Å². The van der Waals surface area contributed by atoms with Gasteiger partial charge < -0.3 is 10.1 Å². The molecule has 1 saturated heterocycles. The highest BCUT2D eigenvalue weighted by molar-refractivity contribution is 7.89. The van der Waals surface area contributed by atoms with Gasteiger partial charge in [-0.05, 0) is 32.0 Å². The number of rotatable bonds is 6. The molecule has 2 rings (SSSR count). The Morgan fingerprint density at radius 1 is 1.43 bits per heavy atom. The number of methoxy groups -OCH3 is 1. The fourth-order valence-corrected chi connectivity index (χ4v) is 5.77. The largest absolute Gasteiger partial charge is 0.384 e. The van der Waals surface area contributed by atoms with Crippen molar-refractivity contribution in [3.8, 4) is 0 Å². The van der Waals surface area contributed by atoms with Crippen molar-refractivity contribution in [3.05, 3.63) is 14.7 Å². The standard InChI is InChI=1S/C12H18Cl2N2O3S2/c1-19-8-12(2-4-15-5-3-12)7-16-21(17,18)9-6-10(13)20-11(9)14/h6,15-16H,2-5,7-8H2,1H3. The van der Waals surface area contributed by atoms with Crippen molar-refractivity contribution in [2.75, 3.05) is 33.4 Å². The average Bonchev–Trinajstić information content (AvgIpc) is 2.78. The molecule has 0 atom stereocenters. The second-order valence-corrected chi connectivity index (χ2v) is 9.22. The van der Waals surface area contributed by atoms with E-state index in [-0.39, 0.29) is 14.6 Å². The van der Waals surface area contributed by atoms with E-state index in [0.29, 0.717) is 17.5 Å². The summed E-state index contributed by atoms with van der Waals surface area (Å²) in [6.45, 7) is 2.57. The van der Waals surface area contributed by atoms with Gasteiger partial charge in [0.05, 0.1) is 10.9 Å². The molecule has 0 aromatic carbocycles. The minimum atomic E-state index is -3.66. The Balaban J connectivity index is 2.11. The van der Waals surface area contributed by atoms with E-state index in [1.807, 2.05) is 0 Å². The van der Waals surface area contributed by atoms with Crippen LogP contribution in [-0.2, 0) is 14.8 Å². The zero-order valence-corrected chi connectivity index (χ0v) is 14.8. The first-order valence-electron chi connectivity index (χ1n) is 6.53. The molecule has 5 nitrogen and oxygen atoms in total. The van der Waals surface area contributed by atoms with Crippen molar-refractivity contribution in [3.63, 3.8) is 0 Å². The van der Waals surface area contributed by atoms with E-state index in [4.69, 9.17) is 27.9 Å². The van der Waals surface area contributed by atoms with Gasteiger partial charge in [0.15, 0.2) is 0 Å². The molecule has 1 aromatic rings. The van der Waals surface area contributed by atoms with Crippen LogP contribution in [0.15, 0.2) is 11.0 Å². The van der Waals surface area contributed by atoms with Gasteiger partial charge in [0.2, 0.25) is 10.0 Å². The first kappa shape index (κ1) is 17.5. The molecule has 0 saturated carbocycles. The van der Waals surface area contributed by atoms with E-state index in [9.17, 15) is 8.42 Å². The quantitative estimate of drug-likeness (QED) is 0.803. The molecule has 0 bridgehead atoms. The summed E-state index contributed by atoms with van der Waals surface area (Å²) in [6.07, 6.45) is 1.73. The van der Waals surface area contributed by atoms with Crippen LogP contribution in [0.25, 0.3) is 0 Å². The third kappa shape index (κ3) is 4.31. The van der Waals surface area contributed by atoms with Crippen LogP contribution in [0.3, 0.4) is 0 Å². The molecule has 2 heterocycles. The highest BCUT2D eigenvalue weighted by Crippen LogP contribution is 2.35. The molecule has 120 valence electrons. The molecule has 21 heavy (non-hydrogen) atoms. The normalized spacial score (nSPS) is 18.8. The molecule has 1 aliphatic heterocycles. The molecule has 0 amide bonds. The molecule has 9 heteroatoms.